The van der Waals surface area contributed by atoms with Gasteiger partial charge in [-0.05, 0) is 37.3 Å². The van der Waals surface area contributed by atoms with Crippen LogP contribution in [0, 0.1) is 6.92 Å². The molecule has 1 aliphatic rings. The van der Waals surface area contributed by atoms with Crippen molar-refractivity contribution in [3.63, 3.8) is 0 Å². The smallest absolute Gasteiger partial charge is 0.272 e. The Labute approximate surface area is 116 Å². The molecule has 2 aromatic heterocycles. The second-order valence-electron chi connectivity index (χ2n) is 5.04. The average molecular weight is 275 g/mol. The van der Waals surface area contributed by atoms with Crippen molar-refractivity contribution >= 4 is 17.2 Å². The van der Waals surface area contributed by atoms with E-state index in [1.54, 1.807) is 16.0 Å². The van der Waals surface area contributed by atoms with E-state index in [0.717, 1.165) is 18.5 Å². The molecule has 100 valence electrons. The predicted molar refractivity (Wildman–Crippen MR) is 75.2 cm³/mol. The maximum atomic E-state index is 12.7. The topological polar surface area (TPSA) is 38.1 Å². The Bertz CT molecular complexity index is 584. The van der Waals surface area contributed by atoms with Gasteiger partial charge in [0.05, 0.1) is 12.2 Å². The molecule has 0 aliphatic heterocycles. The molecule has 19 heavy (non-hydrogen) atoms. The maximum absolute atomic E-state index is 12.7. The van der Waals surface area contributed by atoms with E-state index in [0.29, 0.717) is 18.3 Å². The van der Waals surface area contributed by atoms with Crippen molar-refractivity contribution in [2.75, 3.05) is 0 Å². The van der Waals surface area contributed by atoms with Crippen molar-refractivity contribution in [1.82, 2.24) is 14.7 Å². The summed E-state index contributed by atoms with van der Waals surface area (Å²) in [6.07, 6.45) is 2.24. The van der Waals surface area contributed by atoms with Crippen LogP contribution in [0.2, 0.25) is 0 Å². The minimum atomic E-state index is 0.0963. The minimum Gasteiger partial charge on any atom is -0.329 e. The zero-order valence-corrected chi connectivity index (χ0v) is 12.0. The van der Waals surface area contributed by atoms with E-state index >= 15 is 0 Å². The zero-order chi connectivity index (χ0) is 13.4. The monoisotopic (exact) mass is 275 g/mol. The zero-order valence-electron chi connectivity index (χ0n) is 11.2. The first-order valence-electron chi connectivity index (χ1n) is 6.49. The number of carbonyl (C=O) groups is 1. The molecular formula is C14H17N3OS. The molecule has 1 fully saturated rings. The van der Waals surface area contributed by atoms with E-state index in [1.807, 2.05) is 31.0 Å². The molecule has 1 aliphatic carbocycles. The Morgan fingerprint density at radius 2 is 2.37 bits per heavy atom. The summed E-state index contributed by atoms with van der Waals surface area (Å²) >= 11 is 1.70. The van der Waals surface area contributed by atoms with E-state index < -0.39 is 0 Å². The van der Waals surface area contributed by atoms with Crippen LogP contribution in [-0.4, -0.2) is 26.6 Å². The van der Waals surface area contributed by atoms with Crippen molar-refractivity contribution in [2.24, 2.45) is 7.05 Å². The lowest BCUT2D eigenvalue weighted by Gasteiger charge is -2.21. The number of hydrogen-bond donors (Lipinski definition) is 0. The Hall–Kier alpha value is -1.62. The summed E-state index contributed by atoms with van der Waals surface area (Å²) in [5.74, 6) is 0.0963. The van der Waals surface area contributed by atoms with Crippen LogP contribution in [0.5, 0.6) is 0 Å². The number of hydrogen-bond acceptors (Lipinski definition) is 3. The first kappa shape index (κ1) is 12.4. The fourth-order valence-corrected chi connectivity index (χ4v) is 2.98. The van der Waals surface area contributed by atoms with Crippen molar-refractivity contribution in [1.29, 1.82) is 0 Å². The number of nitrogens with zero attached hydrogens (tertiary/aromatic N) is 3. The largest absolute Gasteiger partial charge is 0.329 e. The van der Waals surface area contributed by atoms with Crippen molar-refractivity contribution in [3.8, 4) is 0 Å². The number of amides is 1. The van der Waals surface area contributed by atoms with Crippen molar-refractivity contribution in [3.05, 3.63) is 39.8 Å². The van der Waals surface area contributed by atoms with Gasteiger partial charge in [0.1, 0.15) is 5.69 Å². The molecule has 0 radical (unpaired) electrons. The Morgan fingerprint density at radius 1 is 1.58 bits per heavy atom. The van der Waals surface area contributed by atoms with Gasteiger partial charge < -0.3 is 4.90 Å². The summed E-state index contributed by atoms with van der Waals surface area (Å²) < 4.78 is 1.68. The van der Waals surface area contributed by atoms with Crippen molar-refractivity contribution < 1.29 is 4.79 Å². The third-order valence-electron chi connectivity index (χ3n) is 3.38. The Morgan fingerprint density at radius 3 is 2.89 bits per heavy atom. The second-order valence-corrected chi connectivity index (χ2v) is 6.07. The lowest BCUT2D eigenvalue weighted by atomic mass is 10.3. The van der Waals surface area contributed by atoms with Gasteiger partial charge in [-0.15, -0.1) is 11.3 Å². The van der Waals surface area contributed by atoms with Crippen LogP contribution in [0.15, 0.2) is 23.6 Å². The van der Waals surface area contributed by atoms with E-state index in [4.69, 9.17) is 0 Å². The molecule has 0 N–H and O–H groups in total. The molecule has 0 aromatic carbocycles. The quantitative estimate of drug-likeness (QED) is 0.860. The van der Waals surface area contributed by atoms with Crippen LogP contribution in [-0.2, 0) is 13.6 Å². The van der Waals surface area contributed by atoms with Gasteiger partial charge in [0.25, 0.3) is 5.91 Å². The Kier molecular flexibility index (Phi) is 3.14. The highest BCUT2D eigenvalue weighted by Gasteiger charge is 2.34. The number of rotatable bonds is 4. The van der Waals surface area contributed by atoms with Gasteiger partial charge in [0, 0.05) is 18.0 Å². The number of aromatic nitrogens is 2. The third kappa shape index (κ3) is 2.56. The minimum absolute atomic E-state index is 0.0963. The van der Waals surface area contributed by atoms with E-state index in [-0.39, 0.29) is 5.91 Å². The van der Waals surface area contributed by atoms with Crippen LogP contribution in [0.25, 0.3) is 0 Å². The number of aryl methyl sites for hydroxylation is 2. The van der Waals surface area contributed by atoms with E-state index in [9.17, 15) is 4.79 Å². The Balaban J connectivity index is 1.84. The molecule has 0 spiro atoms. The van der Waals surface area contributed by atoms with E-state index in [1.165, 1.54) is 4.88 Å². The molecule has 2 heterocycles. The molecule has 1 saturated carbocycles. The summed E-state index contributed by atoms with van der Waals surface area (Å²) in [7, 11) is 1.83. The highest BCUT2D eigenvalue weighted by atomic mass is 32.1. The summed E-state index contributed by atoms with van der Waals surface area (Å²) in [5.41, 5.74) is 1.57. The third-order valence-corrected chi connectivity index (χ3v) is 4.24. The van der Waals surface area contributed by atoms with Gasteiger partial charge in [0.2, 0.25) is 0 Å². The van der Waals surface area contributed by atoms with Gasteiger partial charge in [-0.2, -0.15) is 5.10 Å². The van der Waals surface area contributed by atoms with Crippen LogP contribution in [0.1, 0.15) is 33.9 Å². The maximum Gasteiger partial charge on any atom is 0.272 e. The molecule has 2 aromatic rings. The molecule has 0 saturated heterocycles. The second kappa shape index (κ2) is 4.81. The lowest BCUT2D eigenvalue weighted by molar-refractivity contribution is 0.0720. The first-order valence-corrected chi connectivity index (χ1v) is 7.37. The average Bonchev–Trinajstić information content (AvgIpc) is 2.97. The molecule has 0 unspecified atom stereocenters. The van der Waals surface area contributed by atoms with Gasteiger partial charge in [-0.1, -0.05) is 6.07 Å². The highest BCUT2D eigenvalue weighted by molar-refractivity contribution is 7.09. The molecule has 3 rings (SSSR count). The standard InChI is InChI=1S/C14H17N3OS/c1-10-8-13(16(2)15-10)14(18)17(11-5-6-11)9-12-4-3-7-19-12/h3-4,7-8,11H,5-6,9H2,1-2H3. The summed E-state index contributed by atoms with van der Waals surface area (Å²) in [6, 6.07) is 6.39. The van der Waals surface area contributed by atoms with Crippen LogP contribution < -0.4 is 0 Å². The van der Waals surface area contributed by atoms with Crippen LogP contribution in [0.3, 0.4) is 0 Å². The molecule has 0 bridgehead atoms. The van der Waals surface area contributed by atoms with Crippen LogP contribution in [0.4, 0.5) is 0 Å². The van der Waals surface area contributed by atoms with E-state index in [2.05, 4.69) is 16.5 Å². The highest BCUT2D eigenvalue weighted by Crippen LogP contribution is 2.30. The summed E-state index contributed by atoms with van der Waals surface area (Å²) in [4.78, 5) is 15.9. The fourth-order valence-electron chi connectivity index (χ4n) is 2.28. The predicted octanol–water partition coefficient (Wildman–Crippen LogP) is 2.59. The van der Waals surface area contributed by atoms with Gasteiger partial charge in [0.15, 0.2) is 0 Å². The SMILES string of the molecule is Cc1cc(C(=O)N(Cc2cccs2)C2CC2)n(C)n1. The van der Waals surface area contributed by atoms with Gasteiger partial charge in [-0.25, -0.2) is 0 Å². The first-order chi connectivity index (χ1) is 9.15. The normalized spacial score (nSPS) is 14.6. The fraction of sp³-hybridized carbons (Fsp3) is 0.429. The van der Waals surface area contributed by atoms with Crippen molar-refractivity contribution in [2.45, 2.75) is 32.4 Å². The summed E-state index contributed by atoms with van der Waals surface area (Å²) in [6.45, 7) is 2.63. The number of thiophene rings is 1. The van der Waals surface area contributed by atoms with Gasteiger partial charge >= 0.3 is 0 Å². The molecule has 5 heteroatoms. The molecule has 4 nitrogen and oxygen atoms in total. The van der Waals surface area contributed by atoms with Gasteiger partial charge in [-0.3, -0.25) is 9.48 Å². The lowest BCUT2D eigenvalue weighted by Crippen LogP contribution is -2.33. The summed E-state index contributed by atoms with van der Waals surface area (Å²) in [5, 5.41) is 6.32. The molecule has 0 atom stereocenters. The van der Waals surface area contributed by atoms with Crippen LogP contribution >= 0.6 is 11.3 Å². The molecule has 1 amide bonds. The number of carbonyl (C=O) groups excluding carboxylic acids is 1. The molecular weight excluding hydrogens is 258 g/mol.